The molecule has 3 heterocycles. The van der Waals surface area contributed by atoms with E-state index in [2.05, 4.69) is 10.1 Å². The average Bonchev–Trinajstić information content (AvgIpc) is 3.01. The summed E-state index contributed by atoms with van der Waals surface area (Å²) in [5.41, 5.74) is 2.37. The fourth-order valence-electron chi connectivity index (χ4n) is 2.02. The monoisotopic (exact) mass is 277 g/mol. The lowest BCUT2D eigenvalue weighted by Crippen LogP contribution is -2.26. The van der Waals surface area contributed by atoms with Gasteiger partial charge in [0.2, 0.25) is 0 Å². The Kier molecular flexibility index (Phi) is 3.09. The number of carbonyl (C=O) groups is 1. The van der Waals surface area contributed by atoms with Gasteiger partial charge in [-0.05, 0) is 30.3 Å². The molecule has 0 spiro atoms. The third-order valence-electron chi connectivity index (χ3n) is 3.20. The minimum absolute atomic E-state index is 0.148. The first kappa shape index (κ1) is 12.8. The van der Waals surface area contributed by atoms with Crippen LogP contribution in [0.25, 0.3) is 5.52 Å². The fraction of sp³-hybridized carbons (Fsp3) is 0.0667. The van der Waals surface area contributed by atoms with Gasteiger partial charge in [-0.25, -0.2) is 9.50 Å². The van der Waals surface area contributed by atoms with Crippen LogP contribution >= 0.6 is 0 Å². The van der Waals surface area contributed by atoms with Gasteiger partial charge in [0, 0.05) is 25.0 Å². The third-order valence-corrected chi connectivity index (χ3v) is 3.20. The van der Waals surface area contributed by atoms with Crippen molar-refractivity contribution in [3.63, 3.8) is 0 Å². The lowest BCUT2D eigenvalue weighted by atomic mass is 10.2. The predicted octanol–water partition coefficient (Wildman–Crippen LogP) is 1.88. The fourth-order valence-corrected chi connectivity index (χ4v) is 2.02. The molecule has 0 saturated heterocycles. The van der Waals surface area contributed by atoms with Crippen LogP contribution in [0.3, 0.4) is 0 Å². The van der Waals surface area contributed by atoms with E-state index in [4.69, 9.17) is 5.26 Å². The van der Waals surface area contributed by atoms with Crippen molar-refractivity contribution in [2.24, 2.45) is 0 Å². The number of rotatable bonds is 2. The smallest absolute Gasteiger partial charge is 0.258 e. The molecule has 0 atom stereocenters. The lowest BCUT2D eigenvalue weighted by Gasteiger charge is -2.17. The van der Waals surface area contributed by atoms with Crippen molar-refractivity contribution in [2.45, 2.75) is 0 Å². The van der Waals surface area contributed by atoms with Gasteiger partial charge in [-0.3, -0.25) is 4.79 Å². The highest BCUT2D eigenvalue weighted by Crippen LogP contribution is 2.15. The minimum atomic E-state index is -0.148. The molecule has 21 heavy (non-hydrogen) atoms. The van der Waals surface area contributed by atoms with Crippen molar-refractivity contribution < 1.29 is 4.79 Å². The summed E-state index contributed by atoms with van der Waals surface area (Å²) >= 11 is 0. The second-order valence-corrected chi connectivity index (χ2v) is 4.49. The van der Waals surface area contributed by atoms with Gasteiger partial charge in [0.05, 0.1) is 17.4 Å². The van der Waals surface area contributed by atoms with Crippen LogP contribution in [0.4, 0.5) is 5.69 Å². The number of hydrogen-bond donors (Lipinski definition) is 0. The molecule has 0 aliphatic heterocycles. The van der Waals surface area contributed by atoms with Crippen LogP contribution in [0.15, 0.2) is 48.9 Å². The first-order valence-electron chi connectivity index (χ1n) is 6.26. The standard InChI is InChI=1S/C15H11N5O/c1-19(14-3-2-12(9-16)17-10-14)15(21)11-5-7-20-13(8-11)4-6-18-20/h2-8,10H,1H3. The van der Waals surface area contributed by atoms with Gasteiger partial charge in [0.15, 0.2) is 0 Å². The molecule has 0 aromatic carbocycles. The summed E-state index contributed by atoms with van der Waals surface area (Å²) in [7, 11) is 1.67. The Morgan fingerprint density at radius 1 is 1.33 bits per heavy atom. The SMILES string of the molecule is CN(C(=O)c1ccn2nccc2c1)c1ccc(C#N)nc1. The Balaban J connectivity index is 1.90. The summed E-state index contributed by atoms with van der Waals surface area (Å²) in [6.07, 6.45) is 4.93. The van der Waals surface area contributed by atoms with Crippen molar-refractivity contribution in [3.05, 3.63) is 60.2 Å². The molecule has 3 rings (SSSR count). The maximum absolute atomic E-state index is 12.5. The van der Waals surface area contributed by atoms with Gasteiger partial charge in [-0.1, -0.05) is 0 Å². The van der Waals surface area contributed by atoms with Crippen LogP contribution in [0.1, 0.15) is 16.1 Å². The Morgan fingerprint density at radius 3 is 2.90 bits per heavy atom. The first-order valence-corrected chi connectivity index (χ1v) is 6.26. The number of carbonyl (C=O) groups excluding carboxylic acids is 1. The number of anilines is 1. The molecular weight excluding hydrogens is 266 g/mol. The Labute approximate surface area is 120 Å². The molecule has 0 radical (unpaired) electrons. The highest BCUT2D eigenvalue weighted by molar-refractivity contribution is 6.06. The molecule has 6 nitrogen and oxygen atoms in total. The molecule has 3 aromatic rings. The number of fused-ring (bicyclic) bond motifs is 1. The molecule has 102 valence electrons. The maximum Gasteiger partial charge on any atom is 0.258 e. The van der Waals surface area contributed by atoms with Gasteiger partial charge in [-0.15, -0.1) is 0 Å². The highest BCUT2D eigenvalue weighted by atomic mass is 16.2. The summed E-state index contributed by atoms with van der Waals surface area (Å²) in [5.74, 6) is -0.148. The van der Waals surface area contributed by atoms with Crippen LogP contribution in [0, 0.1) is 11.3 Å². The first-order chi connectivity index (χ1) is 10.2. The number of hydrogen-bond acceptors (Lipinski definition) is 4. The minimum Gasteiger partial charge on any atom is -0.310 e. The van der Waals surface area contributed by atoms with Crippen molar-refractivity contribution >= 4 is 17.1 Å². The zero-order valence-electron chi connectivity index (χ0n) is 11.3. The molecule has 0 unspecified atom stereocenters. The summed E-state index contributed by atoms with van der Waals surface area (Å²) in [4.78, 5) is 17.9. The van der Waals surface area contributed by atoms with Crippen LogP contribution in [0.2, 0.25) is 0 Å². The second-order valence-electron chi connectivity index (χ2n) is 4.49. The van der Waals surface area contributed by atoms with Gasteiger partial charge < -0.3 is 4.90 Å². The number of nitriles is 1. The van der Waals surface area contributed by atoms with Gasteiger partial charge in [0.1, 0.15) is 11.8 Å². The zero-order valence-corrected chi connectivity index (χ0v) is 11.3. The van der Waals surface area contributed by atoms with E-state index >= 15 is 0 Å². The third kappa shape index (κ3) is 2.32. The molecule has 0 bridgehead atoms. The van der Waals surface area contributed by atoms with E-state index in [0.29, 0.717) is 16.9 Å². The van der Waals surface area contributed by atoms with E-state index in [1.165, 1.54) is 11.1 Å². The van der Waals surface area contributed by atoms with Crippen molar-refractivity contribution in [3.8, 4) is 6.07 Å². The van der Waals surface area contributed by atoms with Crippen LogP contribution in [0.5, 0.6) is 0 Å². The quantitative estimate of drug-likeness (QED) is 0.716. The normalized spacial score (nSPS) is 10.3. The van der Waals surface area contributed by atoms with E-state index in [-0.39, 0.29) is 5.91 Å². The molecule has 0 aliphatic carbocycles. The molecule has 0 saturated carbocycles. The van der Waals surface area contributed by atoms with Crippen molar-refractivity contribution in [2.75, 3.05) is 11.9 Å². The number of amides is 1. The largest absolute Gasteiger partial charge is 0.310 e. The summed E-state index contributed by atoms with van der Waals surface area (Å²) < 4.78 is 1.69. The summed E-state index contributed by atoms with van der Waals surface area (Å²) in [6, 6.07) is 10.6. The molecule has 0 fully saturated rings. The molecule has 3 aromatic heterocycles. The second kappa shape index (κ2) is 5.06. The molecule has 6 heteroatoms. The lowest BCUT2D eigenvalue weighted by molar-refractivity contribution is 0.0993. The summed E-state index contributed by atoms with van der Waals surface area (Å²) in [5, 5.41) is 12.8. The Bertz CT molecular complexity index is 844. The number of pyridine rings is 2. The van der Waals surface area contributed by atoms with E-state index in [1.807, 2.05) is 12.1 Å². The highest BCUT2D eigenvalue weighted by Gasteiger charge is 2.14. The molecular formula is C15H11N5O. The van der Waals surface area contributed by atoms with Crippen LogP contribution < -0.4 is 4.90 Å². The van der Waals surface area contributed by atoms with E-state index in [9.17, 15) is 4.79 Å². The van der Waals surface area contributed by atoms with Crippen LogP contribution in [-0.2, 0) is 0 Å². The van der Waals surface area contributed by atoms with Crippen LogP contribution in [-0.4, -0.2) is 27.6 Å². The maximum atomic E-state index is 12.5. The zero-order chi connectivity index (χ0) is 14.8. The topological polar surface area (TPSA) is 74.3 Å². The van der Waals surface area contributed by atoms with E-state index in [1.54, 1.807) is 48.2 Å². The number of nitrogens with zero attached hydrogens (tertiary/aromatic N) is 5. The molecule has 0 aliphatic rings. The van der Waals surface area contributed by atoms with Crippen molar-refractivity contribution in [1.29, 1.82) is 5.26 Å². The molecule has 1 amide bonds. The average molecular weight is 277 g/mol. The van der Waals surface area contributed by atoms with Gasteiger partial charge >= 0.3 is 0 Å². The molecule has 0 N–H and O–H groups in total. The Morgan fingerprint density at radius 2 is 2.19 bits per heavy atom. The van der Waals surface area contributed by atoms with Crippen molar-refractivity contribution in [1.82, 2.24) is 14.6 Å². The number of aromatic nitrogens is 3. The summed E-state index contributed by atoms with van der Waals surface area (Å²) in [6.45, 7) is 0. The van der Waals surface area contributed by atoms with E-state index < -0.39 is 0 Å². The van der Waals surface area contributed by atoms with Gasteiger partial charge in [-0.2, -0.15) is 10.4 Å². The predicted molar refractivity (Wildman–Crippen MR) is 76.9 cm³/mol. The van der Waals surface area contributed by atoms with Gasteiger partial charge in [0.25, 0.3) is 5.91 Å². The van der Waals surface area contributed by atoms with E-state index in [0.717, 1.165) is 5.52 Å². The Hall–Kier alpha value is -3.20.